The number of ketones is 1. The highest BCUT2D eigenvalue weighted by Gasteiger charge is 2.26. The second-order valence-electron chi connectivity index (χ2n) is 10.4. The highest BCUT2D eigenvalue weighted by atomic mass is 16.6. The zero-order valence-corrected chi connectivity index (χ0v) is 22.6. The molecule has 39 heavy (non-hydrogen) atoms. The van der Waals surface area contributed by atoms with E-state index in [4.69, 9.17) is 9.47 Å². The second-order valence-corrected chi connectivity index (χ2v) is 10.4. The van der Waals surface area contributed by atoms with Gasteiger partial charge in [-0.2, -0.15) is 0 Å². The first-order valence-electron chi connectivity index (χ1n) is 13.0. The average molecular weight is 523 g/mol. The zero-order valence-electron chi connectivity index (χ0n) is 22.6. The number of hydrogen-bond donors (Lipinski definition) is 1. The predicted octanol–water partition coefficient (Wildman–Crippen LogP) is 6.58. The summed E-state index contributed by atoms with van der Waals surface area (Å²) in [5, 5.41) is 2.81. The van der Waals surface area contributed by atoms with Crippen LogP contribution in [0.4, 0.5) is 4.79 Å². The first kappa shape index (κ1) is 27.6. The standard InChI is InChI=1S/C33H34N2O4/c1-33(2,3)39-32(37)35-29(20-24-10-6-4-7-11-24)30(36)22-28-21-27(26-16-18-34-19-17-26)14-15-31(28)38-23-25-12-8-5-9-13-25/h4-19,21,29H,20,22-23H2,1-3H3,(H,35,37)/t29-/m0/s1. The molecule has 1 heterocycles. The predicted molar refractivity (Wildman–Crippen MR) is 152 cm³/mol. The van der Waals surface area contributed by atoms with Crippen LogP contribution in [0.25, 0.3) is 11.1 Å². The number of nitrogens with one attached hydrogen (secondary N) is 1. The minimum atomic E-state index is -0.770. The molecular weight excluding hydrogens is 488 g/mol. The number of rotatable bonds is 10. The van der Waals surface area contributed by atoms with Crippen LogP contribution >= 0.6 is 0 Å². The lowest BCUT2D eigenvalue weighted by Gasteiger charge is -2.23. The molecule has 1 aromatic heterocycles. The molecule has 0 radical (unpaired) electrons. The van der Waals surface area contributed by atoms with Crippen LogP contribution in [0.5, 0.6) is 5.75 Å². The molecule has 1 atom stereocenters. The summed E-state index contributed by atoms with van der Waals surface area (Å²) in [6.07, 6.45) is 3.28. The van der Waals surface area contributed by atoms with E-state index < -0.39 is 17.7 Å². The van der Waals surface area contributed by atoms with Gasteiger partial charge in [-0.05, 0) is 73.7 Å². The van der Waals surface area contributed by atoms with Crippen molar-refractivity contribution in [3.8, 4) is 16.9 Å². The van der Waals surface area contributed by atoms with Gasteiger partial charge in [-0.1, -0.05) is 66.7 Å². The van der Waals surface area contributed by atoms with Crippen molar-refractivity contribution >= 4 is 11.9 Å². The van der Waals surface area contributed by atoms with E-state index in [9.17, 15) is 9.59 Å². The molecule has 0 aliphatic carbocycles. The van der Waals surface area contributed by atoms with Gasteiger partial charge in [-0.15, -0.1) is 0 Å². The fraction of sp³-hybridized carbons (Fsp3) is 0.242. The third-order valence-electron chi connectivity index (χ3n) is 6.04. The van der Waals surface area contributed by atoms with Gasteiger partial charge in [-0.3, -0.25) is 9.78 Å². The molecule has 0 spiro atoms. The highest BCUT2D eigenvalue weighted by Crippen LogP contribution is 2.28. The number of alkyl carbamates (subject to hydrolysis) is 1. The smallest absolute Gasteiger partial charge is 0.408 e. The van der Waals surface area contributed by atoms with E-state index in [2.05, 4.69) is 10.3 Å². The minimum absolute atomic E-state index is 0.0797. The van der Waals surface area contributed by atoms with Crippen LogP contribution in [0.2, 0.25) is 0 Å². The maximum absolute atomic E-state index is 13.8. The number of carbonyl (C=O) groups is 2. The van der Waals surface area contributed by atoms with Crippen LogP contribution in [0.15, 0.2) is 103 Å². The fourth-order valence-electron chi connectivity index (χ4n) is 4.17. The van der Waals surface area contributed by atoms with Gasteiger partial charge < -0.3 is 14.8 Å². The van der Waals surface area contributed by atoms with Crippen molar-refractivity contribution in [2.24, 2.45) is 0 Å². The summed E-state index contributed by atoms with van der Waals surface area (Å²) >= 11 is 0. The summed E-state index contributed by atoms with van der Waals surface area (Å²) in [7, 11) is 0. The van der Waals surface area contributed by atoms with Crippen molar-refractivity contribution in [3.05, 3.63) is 120 Å². The molecule has 0 saturated carbocycles. The van der Waals surface area contributed by atoms with Gasteiger partial charge in [0.25, 0.3) is 0 Å². The Balaban J connectivity index is 1.61. The third kappa shape index (κ3) is 8.54. The van der Waals surface area contributed by atoms with Crippen molar-refractivity contribution in [1.29, 1.82) is 0 Å². The average Bonchev–Trinajstić information content (AvgIpc) is 2.92. The summed E-state index contributed by atoms with van der Waals surface area (Å²) in [5.41, 5.74) is 3.98. The largest absolute Gasteiger partial charge is 0.489 e. The number of nitrogens with zero attached hydrogens (tertiary/aromatic N) is 1. The maximum Gasteiger partial charge on any atom is 0.408 e. The van der Waals surface area contributed by atoms with Gasteiger partial charge in [-0.25, -0.2) is 4.79 Å². The monoisotopic (exact) mass is 522 g/mol. The van der Waals surface area contributed by atoms with Gasteiger partial charge in [0.2, 0.25) is 0 Å². The normalized spacial score (nSPS) is 11.9. The van der Waals surface area contributed by atoms with E-state index in [0.717, 1.165) is 27.8 Å². The molecule has 4 aromatic rings. The van der Waals surface area contributed by atoms with Crippen molar-refractivity contribution < 1.29 is 19.1 Å². The Morgan fingerprint density at radius 2 is 1.46 bits per heavy atom. The zero-order chi connectivity index (χ0) is 27.7. The Hall–Kier alpha value is -4.45. The van der Waals surface area contributed by atoms with Crippen molar-refractivity contribution in [2.45, 2.75) is 51.9 Å². The number of hydrogen-bond acceptors (Lipinski definition) is 5. The lowest BCUT2D eigenvalue weighted by atomic mass is 9.95. The fourth-order valence-corrected chi connectivity index (χ4v) is 4.17. The van der Waals surface area contributed by atoms with E-state index in [1.807, 2.05) is 91.0 Å². The lowest BCUT2D eigenvalue weighted by Crippen LogP contribution is -2.45. The molecule has 3 aromatic carbocycles. The van der Waals surface area contributed by atoms with Crippen LogP contribution in [-0.2, 0) is 29.0 Å². The topological polar surface area (TPSA) is 77.5 Å². The molecule has 6 heteroatoms. The second kappa shape index (κ2) is 12.9. The van der Waals surface area contributed by atoms with Gasteiger partial charge in [0.15, 0.2) is 5.78 Å². The van der Waals surface area contributed by atoms with E-state index in [1.54, 1.807) is 33.2 Å². The Kier molecular flexibility index (Phi) is 9.10. The van der Waals surface area contributed by atoms with Crippen molar-refractivity contribution in [2.75, 3.05) is 0 Å². The molecule has 1 N–H and O–H groups in total. The summed E-state index contributed by atoms with van der Waals surface area (Å²) in [6, 6.07) is 28.4. The first-order chi connectivity index (χ1) is 18.8. The van der Waals surface area contributed by atoms with Crippen molar-refractivity contribution in [3.63, 3.8) is 0 Å². The van der Waals surface area contributed by atoms with E-state index in [-0.39, 0.29) is 12.2 Å². The van der Waals surface area contributed by atoms with Crippen molar-refractivity contribution in [1.82, 2.24) is 10.3 Å². The van der Waals surface area contributed by atoms with Gasteiger partial charge in [0.05, 0.1) is 6.04 Å². The molecule has 0 fully saturated rings. The molecular formula is C33H34N2O4. The maximum atomic E-state index is 13.8. The number of aromatic nitrogens is 1. The molecule has 0 bridgehead atoms. The first-order valence-corrected chi connectivity index (χ1v) is 13.0. The Morgan fingerprint density at radius 1 is 0.821 bits per heavy atom. The SMILES string of the molecule is CC(C)(C)OC(=O)N[C@@H](Cc1ccccc1)C(=O)Cc1cc(-c2ccncc2)ccc1OCc1ccccc1. The number of ether oxygens (including phenoxy) is 2. The van der Waals surface area contributed by atoms with Crippen LogP contribution in [0.3, 0.4) is 0 Å². The number of amides is 1. The summed E-state index contributed by atoms with van der Waals surface area (Å²) in [5.74, 6) is 0.488. The van der Waals surface area contributed by atoms with Crippen LogP contribution in [-0.4, -0.2) is 28.5 Å². The third-order valence-corrected chi connectivity index (χ3v) is 6.04. The molecule has 6 nitrogen and oxygen atoms in total. The van der Waals surface area contributed by atoms with Crippen LogP contribution in [0.1, 0.15) is 37.5 Å². The van der Waals surface area contributed by atoms with E-state index >= 15 is 0 Å². The molecule has 200 valence electrons. The van der Waals surface area contributed by atoms with Crippen LogP contribution < -0.4 is 10.1 Å². The van der Waals surface area contributed by atoms with Gasteiger partial charge in [0.1, 0.15) is 18.0 Å². The van der Waals surface area contributed by atoms with E-state index in [0.29, 0.717) is 18.8 Å². The number of benzene rings is 3. The number of Topliss-reactive ketones (excluding diaryl/α,β-unsaturated/α-hetero) is 1. The molecule has 0 unspecified atom stereocenters. The summed E-state index contributed by atoms with van der Waals surface area (Å²) in [6.45, 7) is 5.75. The van der Waals surface area contributed by atoms with Gasteiger partial charge in [0, 0.05) is 24.4 Å². The van der Waals surface area contributed by atoms with Gasteiger partial charge >= 0.3 is 6.09 Å². The van der Waals surface area contributed by atoms with E-state index in [1.165, 1.54) is 0 Å². The molecule has 1 amide bonds. The quantitative estimate of drug-likeness (QED) is 0.255. The minimum Gasteiger partial charge on any atom is -0.489 e. The molecule has 0 saturated heterocycles. The number of carbonyl (C=O) groups excluding carboxylic acids is 2. The Bertz CT molecular complexity index is 1370. The molecule has 0 aliphatic rings. The highest BCUT2D eigenvalue weighted by molar-refractivity contribution is 5.90. The molecule has 4 rings (SSSR count). The lowest BCUT2D eigenvalue weighted by molar-refractivity contribution is -0.120. The Labute approximate surface area is 230 Å². The number of pyridine rings is 1. The molecule has 0 aliphatic heterocycles. The Morgan fingerprint density at radius 3 is 2.10 bits per heavy atom. The summed E-state index contributed by atoms with van der Waals surface area (Å²) in [4.78, 5) is 30.5. The summed E-state index contributed by atoms with van der Waals surface area (Å²) < 4.78 is 11.6. The van der Waals surface area contributed by atoms with Crippen LogP contribution in [0, 0.1) is 0 Å².